The summed E-state index contributed by atoms with van der Waals surface area (Å²) in [5, 5.41) is 3.52. The van der Waals surface area contributed by atoms with E-state index in [4.69, 9.17) is 11.6 Å². The van der Waals surface area contributed by atoms with Gasteiger partial charge in [-0.25, -0.2) is 0 Å². The van der Waals surface area contributed by atoms with Crippen molar-refractivity contribution in [3.05, 3.63) is 29.6 Å². The van der Waals surface area contributed by atoms with Crippen LogP contribution in [0.2, 0.25) is 0 Å². The second-order valence-electron chi connectivity index (χ2n) is 3.23. The van der Waals surface area contributed by atoms with Gasteiger partial charge in [-0.05, 0) is 6.07 Å². The number of fused-ring (bicyclic) bond motifs is 1. The molecule has 0 radical (unpaired) electrons. The number of halogens is 1. The summed E-state index contributed by atoms with van der Waals surface area (Å²) in [6.07, 6.45) is 0. The molecule has 0 aliphatic rings. The van der Waals surface area contributed by atoms with Crippen molar-refractivity contribution in [2.45, 2.75) is 0 Å². The van der Waals surface area contributed by atoms with Crippen molar-refractivity contribution in [1.29, 1.82) is 0 Å². The van der Waals surface area contributed by atoms with Gasteiger partial charge in [-0.3, -0.25) is 0 Å². The maximum atomic E-state index is 5.73. The molecular formula is C11H12ClNS. The molecule has 0 spiro atoms. The Balaban J connectivity index is 2.42. The maximum Gasteiger partial charge on any atom is 0.0552 e. The van der Waals surface area contributed by atoms with E-state index in [2.05, 4.69) is 41.6 Å². The van der Waals surface area contributed by atoms with Gasteiger partial charge in [0.05, 0.1) is 5.69 Å². The predicted octanol–water partition coefficient (Wildman–Crippen LogP) is 3.58. The summed E-state index contributed by atoms with van der Waals surface area (Å²) in [6.45, 7) is 0.891. The van der Waals surface area contributed by atoms with Gasteiger partial charge in [0.1, 0.15) is 0 Å². The Kier molecular flexibility index (Phi) is 2.94. The molecule has 0 bridgehead atoms. The van der Waals surface area contributed by atoms with Gasteiger partial charge in [-0.1, -0.05) is 18.2 Å². The fourth-order valence-corrected chi connectivity index (χ4v) is 2.76. The van der Waals surface area contributed by atoms with Gasteiger partial charge in [0.2, 0.25) is 0 Å². The predicted molar refractivity (Wildman–Crippen MR) is 65.8 cm³/mol. The smallest absolute Gasteiger partial charge is 0.0552 e. The number of alkyl halides is 1. The Labute approximate surface area is 92.9 Å². The molecule has 0 amide bonds. The molecule has 0 N–H and O–H groups in total. The first kappa shape index (κ1) is 9.81. The molecule has 2 rings (SSSR count). The fraction of sp³-hybridized carbons (Fsp3) is 0.273. The minimum atomic E-state index is 0.667. The van der Waals surface area contributed by atoms with Gasteiger partial charge >= 0.3 is 0 Å². The molecule has 14 heavy (non-hydrogen) atoms. The molecule has 1 aromatic carbocycles. The van der Waals surface area contributed by atoms with E-state index in [0.717, 1.165) is 6.54 Å². The molecule has 0 aliphatic heterocycles. The lowest BCUT2D eigenvalue weighted by Crippen LogP contribution is -2.18. The van der Waals surface area contributed by atoms with E-state index in [9.17, 15) is 0 Å². The van der Waals surface area contributed by atoms with E-state index in [1.165, 1.54) is 15.8 Å². The molecule has 1 aromatic heterocycles. The number of benzene rings is 1. The first-order chi connectivity index (χ1) is 6.83. The van der Waals surface area contributed by atoms with Crippen LogP contribution in [0.25, 0.3) is 10.1 Å². The summed E-state index contributed by atoms with van der Waals surface area (Å²) in [7, 11) is 2.08. The SMILES string of the molecule is CN(CCCl)c1csc2ccccc12. The van der Waals surface area contributed by atoms with Crippen molar-refractivity contribution in [3.63, 3.8) is 0 Å². The highest BCUT2D eigenvalue weighted by atomic mass is 35.5. The van der Waals surface area contributed by atoms with Crippen LogP contribution in [0.5, 0.6) is 0 Å². The normalized spacial score (nSPS) is 10.7. The van der Waals surface area contributed by atoms with Crippen LogP contribution in [0.15, 0.2) is 29.6 Å². The average molecular weight is 226 g/mol. The van der Waals surface area contributed by atoms with Gasteiger partial charge in [-0.15, -0.1) is 22.9 Å². The van der Waals surface area contributed by atoms with Crippen molar-refractivity contribution < 1.29 is 0 Å². The van der Waals surface area contributed by atoms with Gasteiger partial charge in [0.15, 0.2) is 0 Å². The first-order valence-electron chi connectivity index (χ1n) is 4.56. The van der Waals surface area contributed by atoms with E-state index in [-0.39, 0.29) is 0 Å². The third kappa shape index (κ3) is 1.72. The van der Waals surface area contributed by atoms with E-state index in [0.29, 0.717) is 5.88 Å². The Bertz CT molecular complexity index is 424. The zero-order valence-electron chi connectivity index (χ0n) is 8.03. The number of rotatable bonds is 3. The highest BCUT2D eigenvalue weighted by Gasteiger charge is 2.06. The summed E-state index contributed by atoms with van der Waals surface area (Å²) in [4.78, 5) is 2.20. The molecule has 3 heteroatoms. The van der Waals surface area contributed by atoms with Gasteiger partial charge in [-0.2, -0.15) is 0 Å². The molecule has 2 aromatic rings. The molecule has 0 unspecified atom stereocenters. The molecule has 1 nitrogen and oxygen atoms in total. The quantitative estimate of drug-likeness (QED) is 0.722. The van der Waals surface area contributed by atoms with Crippen molar-refractivity contribution in [1.82, 2.24) is 0 Å². The van der Waals surface area contributed by atoms with E-state index in [1.807, 2.05) is 0 Å². The molecule has 1 heterocycles. The highest BCUT2D eigenvalue weighted by Crippen LogP contribution is 2.31. The second kappa shape index (κ2) is 4.20. The third-order valence-electron chi connectivity index (χ3n) is 2.29. The molecule has 0 fully saturated rings. The lowest BCUT2D eigenvalue weighted by atomic mass is 10.2. The Hall–Kier alpha value is -0.730. The lowest BCUT2D eigenvalue weighted by molar-refractivity contribution is 0.982. The Morgan fingerprint density at radius 2 is 2.14 bits per heavy atom. The molecule has 0 saturated heterocycles. The number of hydrogen-bond donors (Lipinski definition) is 0. The summed E-state index contributed by atoms with van der Waals surface area (Å²) < 4.78 is 1.34. The largest absolute Gasteiger partial charge is 0.372 e. The third-order valence-corrected chi connectivity index (χ3v) is 3.41. The van der Waals surface area contributed by atoms with Crippen LogP contribution in [-0.2, 0) is 0 Å². The highest BCUT2D eigenvalue weighted by molar-refractivity contribution is 7.17. The van der Waals surface area contributed by atoms with Gasteiger partial charge < -0.3 is 4.90 Å². The van der Waals surface area contributed by atoms with Crippen molar-refractivity contribution in [2.75, 3.05) is 24.4 Å². The fourth-order valence-electron chi connectivity index (χ4n) is 1.51. The average Bonchev–Trinajstić information content (AvgIpc) is 2.61. The van der Waals surface area contributed by atoms with Crippen LogP contribution in [-0.4, -0.2) is 19.5 Å². The molecular weight excluding hydrogens is 214 g/mol. The summed E-state index contributed by atoms with van der Waals surface area (Å²) in [5.74, 6) is 0.667. The number of anilines is 1. The minimum Gasteiger partial charge on any atom is -0.372 e. The van der Waals surface area contributed by atoms with Crippen molar-refractivity contribution in [2.24, 2.45) is 0 Å². The zero-order chi connectivity index (χ0) is 9.97. The van der Waals surface area contributed by atoms with Crippen molar-refractivity contribution >= 4 is 38.7 Å². The molecule has 0 saturated carbocycles. The number of thiophene rings is 1. The molecule has 0 atom stereocenters. The molecule has 74 valence electrons. The standard InChI is InChI=1S/C11H12ClNS/c1-13(7-6-12)10-8-14-11-5-3-2-4-9(10)11/h2-5,8H,6-7H2,1H3. The van der Waals surface area contributed by atoms with E-state index < -0.39 is 0 Å². The van der Waals surface area contributed by atoms with Crippen LogP contribution in [0.3, 0.4) is 0 Å². The van der Waals surface area contributed by atoms with Gasteiger partial charge in [0, 0.05) is 34.9 Å². The maximum absolute atomic E-state index is 5.73. The Morgan fingerprint density at radius 3 is 2.93 bits per heavy atom. The number of hydrogen-bond acceptors (Lipinski definition) is 2. The number of nitrogens with zero attached hydrogens (tertiary/aromatic N) is 1. The zero-order valence-corrected chi connectivity index (χ0v) is 9.61. The topological polar surface area (TPSA) is 3.24 Å². The van der Waals surface area contributed by atoms with Crippen LogP contribution < -0.4 is 4.90 Å². The van der Waals surface area contributed by atoms with Gasteiger partial charge in [0.25, 0.3) is 0 Å². The van der Waals surface area contributed by atoms with Crippen molar-refractivity contribution in [3.8, 4) is 0 Å². The van der Waals surface area contributed by atoms with Crippen LogP contribution in [0.1, 0.15) is 0 Å². The monoisotopic (exact) mass is 225 g/mol. The van der Waals surface area contributed by atoms with E-state index >= 15 is 0 Å². The van der Waals surface area contributed by atoms with Crippen LogP contribution in [0.4, 0.5) is 5.69 Å². The van der Waals surface area contributed by atoms with Crippen LogP contribution >= 0.6 is 22.9 Å². The first-order valence-corrected chi connectivity index (χ1v) is 5.97. The second-order valence-corrected chi connectivity index (χ2v) is 4.52. The van der Waals surface area contributed by atoms with E-state index in [1.54, 1.807) is 11.3 Å². The summed E-state index contributed by atoms with van der Waals surface area (Å²) >= 11 is 7.51. The minimum absolute atomic E-state index is 0.667. The Morgan fingerprint density at radius 1 is 1.36 bits per heavy atom. The van der Waals surface area contributed by atoms with Crippen LogP contribution in [0, 0.1) is 0 Å². The molecule has 0 aliphatic carbocycles. The lowest BCUT2D eigenvalue weighted by Gasteiger charge is -2.16. The summed E-state index contributed by atoms with van der Waals surface area (Å²) in [5.41, 5.74) is 1.28. The summed E-state index contributed by atoms with van der Waals surface area (Å²) in [6, 6.07) is 8.46.